The van der Waals surface area contributed by atoms with Crippen molar-refractivity contribution < 1.29 is 0 Å². The molecule has 1 aromatic heterocycles. The van der Waals surface area contributed by atoms with Gasteiger partial charge < -0.3 is 0 Å². The zero-order valence-corrected chi connectivity index (χ0v) is 9.30. The molecule has 3 aromatic rings. The summed E-state index contributed by atoms with van der Waals surface area (Å²) in [7, 11) is 0. The summed E-state index contributed by atoms with van der Waals surface area (Å²) in [5.74, 6) is 0. The predicted molar refractivity (Wildman–Crippen MR) is 69.5 cm³/mol. The van der Waals surface area contributed by atoms with Crippen LogP contribution in [0.2, 0.25) is 0 Å². The fourth-order valence-electron chi connectivity index (χ4n) is 1.89. The average Bonchev–Trinajstić information content (AvgIpc) is 2.94. The molecular weight excluding hydrogens is 208 g/mol. The maximum Gasteiger partial charge on any atom is 0.0565 e. The number of hydrogen-bond donors (Lipinski definition) is 1. The van der Waals surface area contributed by atoms with Crippen molar-refractivity contribution in [3.8, 4) is 22.3 Å². The van der Waals surface area contributed by atoms with Crippen LogP contribution < -0.4 is 0 Å². The second kappa shape index (κ2) is 4.26. The van der Waals surface area contributed by atoms with E-state index in [4.69, 9.17) is 0 Å². The van der Waals surface area contributed by atoms with Crippen molar-refractivity contribution in [1.82, 2.24) is 10.2 Å². The normalized spacial score (nSPS) is 10.4. The standard InChI is InChI=1S/C15H12N2/c1-2-4-12(5-3-1)13-6-8-14(9-7-13)15-10-16-17-11-15/h1-11H,(H,16,17). The molecular formula is C15H12N2. The highest BCUT2D eigenvalue weighted by molar-refractivity contribution is 5.69. The van der Waals surface area contributed by atoms with Crippen LogP contribution in [0, 0.1) is 0 Å². The lowest BCUT2D eigenvalue weighted by molar-refractivity contribution is 1.09. The third-order valence-electron chi connectivity index (χ3n) is 2.82. The van der Waals surface area contributed by atoms with Gasteiger partial charge in [0.15, 0.2) is 0 Å². The molecule has 2 heteroatoms. The van der Waals surface area contributed by atoms with Crippen LogP contribution in [0.4, 0.5) is 0 Å². The summed E-state index contributed by atoms with van der Waals surface area (Å²) >= 11 is 0. The Morgan fingerprint density at radius 1 is 0.647 bits per heavy atom. The van der Waals surface area contributed by atoms with E-state index in [9.17, 15) is 0 Å². The van der Waals surface area contributed by atoms with Gasteiger partial charge in [-0.2, -0.15) is 5.10 Å². The third-order valence-corrected chi connectivity index (χ3v) is 2.82. The first-order valence-corrected chi connectivity index (χ1v) is 5.58. The Kier molecular flexibility index (Phi) is 2.47. The van der Waals surface area contributed by atoms with Crippen molar-refractivity contribution in [2.75, 3.05) is 0 Å². The van der Waals surface area contributed by atoms with Crippen LogP contribution >= 0.6 is 0 Å². The average molecular weight is 220 g/mol. The van der Waals surface area contributed by atoms with Crippen LogP contribution in [-0.4, -0.2) is 10.2 Å². The third kappa shape index (κ3) is 1.97. The monoisotopic (exact) mass is 220 g/mol. The van der Waals surface area contributed by atoms with Gasteiger partial charge in [0.25, 0.3) is 0 Å². The van der Waals surface area contributed by atoms with Crippen LogP contribution in [0.15, 0.2) is 67.0 Å². The van der Waals surface area contributed by atoms with E-state index in [-0.39, 0.29) is 0 Å². The Balaban J connectivity index is 1.96. The van der Waals surface area contributed by atoms with Crippen molar-refractivity contribution >= 4 is 0 Å². The molecule has 2 nitrogen and oxygen atoms in total. The minimum Gasteiger partial charge on any atom is -0.285 e. The number of aromatic nitrogens is 2. The molecule has 2 aromatic carbocycles. The highest BCUT2D eigenvalue weighted by Crippen LogP contribution is 2.23. The SMILES string of the molecule is c1ccc(-c2ccc(-c3cn[nH]c3)cc2)cc1. The van der Waals surface area contributed by atoms with Crippen LogP contribution in [0.5, 0.6) is 0 Å². The van der Waals surface area contributed by atoms with E-state index in [0.717, 1.165) is 5.56 Å². The largest absolute Gasteiger partial charge is 0.285 e. The fourth-order valence-corrected chi connectivity index (χ4v) is 1.89. The van der Waals surface area contributed by atoms with E-state index in [2.05, 4.69) is 58.7 Å². The van der Waals surface area contributed by atoms with Gasteiger partial charge in [-0.05, 0) is 16.7 Å². The lowest BCUT2D eigenvalue weighted by atomic mass is 10.0. The topological polar surface area (TPSA) is 28.7 Å². The molecule has 0 aliphatic heterocycles. The second-order valence-electron chi connectivity index (χ2n) is 3.93. The molecule has 17 heavy (non-hydrogen) atoms. The van der Waals surface area contributed by atoms with Gasteiger partial charge in [0.05, 0.1) is 6.20 Å². The summed E-state index contributed by atoms with van der Waals surface area (Å²) in [6.45, 7) is 0. The first-order chi connectivity index (χ1) is 8.43. The van der Waals surface area contributed by atoms with E-state index in [1.807, 2.05) is 18.5 Å². The maximum atomic E-state index is 3.95. The Morgan fingerprint density at radius 2 is 1.24 bits per heavy atom. The maximum absolute atomic E-state index is 3.95. The van der Waals surface area contributed by atoms with Crippen molar-refractivity contribution in [2.24, 2.45) is 0 Å². The second-order valence-corrected chi connectivity index (χ2v) is 3.93. The van der Waals surface area contributed by atoms with Gasteiger partial charge in [-0.3, -0.25) is 5.10 Å². The summed E-state index contributed by atoms with van der Waals surface area (Å²) in [5.41, 5.74) is 4.77. The molecule has 0 bridgehead atoms. The molecule has 0 amide bonds. The van der Waals surface area contributed by atoms with Crippen LogP contribution in [-0.2, 0) is 0 Å². The smallest absolute Gasteiger partial charge is 0.0565 e. The highest BCUT2D eigenvalue weighted by Gasteiger charge is 2.00. The summed E-state index contributed by atoms with van der Waals surface area (Å²) < 4.78 is 0. The number of benzene rings is 2. The van der Waals surface area contributed by atoms with Gasteiger partial charge in [0, 0.05) is 11.8 Å². The summed E-state index contributed by atoms with van der Waals surface area (Å²) in [5, 5.41) is 6.78. The molecule has 0 unspecified atom stereocenters. The molecule has 0 saturated carbocycles. The van der Waals surface area contributed by atoms with Gasteiger partial charge in [-0.1, -0.05) is 54.6 Å². The summed E-state index contributed by atoms with van der Waals surface area (Å²) in [4.78, 5) is 0. The van der Waals surface area contributed by atoms with Crippen LogP contribution in [0.25, 0.3) is 22.3 Å². The number of aromatic amines is 1. The molecule has 0 aliphatic rings. The molecule has 0 spiro atoms. The van der Waals surface area contributed by atoms with Crippen LogP contribution in [0.1, 0.15) is 0 Å². The Hall–Kier alpha value is -2.35. The first kappa shape index (κ1) is 9.85. The van der Waals surface area contributed by atoms with Crippen molar-refractivity contribution in [3.63, 3.8) is 0 Å². The highest BCUT2D eigenvalue weighted by atomic mass is 15.1. The molecule has 3 rings (SSSR count). The Labute approximate surface area is 99.9 Å². The molecule has 0 saturated heterocycles. The molecule has 0 radical (unpaired) electrons. The zero-order chi connectivity index (χ0) is 11.5. The number of hydrogen-bond acceptors (Lipinski definition) is 1. The number of H-pyrrole nitrogens is 1. The molecule has 0 atom stereocenters. The van der Waals surface area contributed by atoms with Gasteiger partial charge >= 0.3 is 0 Å². The van der Waals surface area contributed by atoms with E-state index >= 15 is 0 Å². The van der Waals surface area contributed by atoms with Crippen LogP contribution in [0.3, 0.4) is 0 Å². The fraction of sp³-hybridized carbons (Fsp3) is 0. The molecule has 0 fully saturated rings. The zero-order valence-electron chi connectivity index (χ0n) is 9.30. The Bertz CT molecular complexity index is 581. The number of rotatable bonds is 2. The van der Waals surface area contributed by atoms with Gasteiger partial charge in [-0.25, -0.2) is 0 Å². The first-order valence-electron chi connectivity index (χ1n) is 5.58. The Morgan fingerprint density at radius 3 is 1.82 bits per heavy atom. The summed E-state index contributed by atoms with van der Waals surface area (Å²) in [6.07, 6.45) is 3.73. The quantitative estimate of drug-likeness (QED) is 0.700. The lowest BCUT2D eigenvalue weighted by Crippen LogP contribution is -1.78. The molecule has 82 valence electrons. The molecule has 1 N–H and O–H groups in total. The van der Waals surface area contributed by atoms with Gasteiger partial charge in [0.2, 0.25) is 0 Å². The minimum absolute atomic E-state index is 1.12. The van der Waals surface area contributed by atoms with Crippen molar-refractivity contribution in [2.45, 2.75) is 0 Å². The minimum atomic E-state index is 1.12. The van der Waals surface area contributed by atoms with Gasteiger partial charge in [0.1, 0.15) is 0 Å². The van der Waals surface area contributed by atoms with E-state index in [1.165, 1.54) is 16.7 Å². The van der Waals surface area contributed by atoms with Crippen molar-refractivity contribution in [3.05, 3.63) is 67.0 Å². The summed E-state index contributed by atoms with van der Waals surface area (Å²) in [6, 6.07) is 18.9. The molecule has 0 aliphatic carbocycles. The molecule has 1 heterocycles. The number of nitrogens with zero attached hydrogens (tertiary/aromatic N) is 1. The predicted octanol–water partition coefficient (Wildman–Crippen LogP) is 3.74. The van der Waals surface area contributed by atoms with E-state index in [1.54, 1.807) is 0 Å². The number of nitrogens with one attached hydrogen (secondary N) is 1. The van der Waals surface area contributed by atoms with E-state index in [0.29, 0.717) is 0 Å². The van der Waals surface area contributed by atoms with Gasteiger partial charge in [-0.15, -0.1) is 0 Å². The van der Waals surface area contributed by atoms with Crippen molar-refractivity contribution in [1.29, 1.82) is 0 Å². The lowest BCUT2D eigenvalue weighted by Gasteiger charge is -2.02. The van der Waals surface area contributed by atoms with E-state index < -0.39 is 0 Å².